The summed E-state index contributed by atoms with van der Waals surface area (Å²) in [6.45, 7) is 0.578. The standard InChI is InChI=1S/C31H32N4O7/c1-40-23-13-14-25-24(18-23)31(42-30(39)34-25)15-6-16-35(19-31)28(37)26(17-20-7-4-3-5-8-20)33-27(36)21-9-11-22(12-10-21)32-29(38)41-2/h3-5,7-14,18,26H,6,15-17,19H2,1-2H3,(H,32,38)(H,33,36)(H,34,39)/t26?,31-/m0/s1. The molecule has 2 heterocycles. The van der Waals surface area contributed by atoms with E-state index in [-0.39, 0.29) is 18.9 Å². The molecule has 1 unspecified atom stereocenters. The molecule has 11 nitrogen and oxygen atoms in total. The van der Waals surface area contributed by atoms with Crippen LogP contribution in [0.3, 0.4) is 0 Å². The minimum absolute atomic E-state index is 0.133. The number of piperidine rings is 1. The number of hydrogen-bond acceptors (Lipinski definition) is 7. The van der Waals surface area contributed by atoms with Gasteiger partial charge in [-0.25, -0.2) is 9.59 Å². The highest BCUT2D eigenvalue weighted by atomic mass is 16.6. The summed E-state index contributed by atoms with van der Waals surface area (Å²) in [5, 5.41) is 8.18. The summed E-state index contributed by atoms with van der Waals surface area (Å²) >= 11 is 0. The first-order chi connectivity index (χ1) is 20.3. The number of methoxy groups -OCH3 is 2. The van der Waals surface area contributed by atoms with Crippen molar-refractivity contribution in [2.24, 2.45) is 0 Å². The second-order valence-electron chi connectivity index (χ2n) is 10.2. The topological polar surface area (TPSA) is 135 Å². The number of benzene rings is 3. The van der Waals surface area contributed by atoms with Crippen molar-refractivity contribution >= 4 is 35.4 Å². The van der Waals surface area contributed by atoms with Crippen molar-refractivity contribution in [3.63, 3.8) is 0 Å². The van der Waals surface area contributed by atoms with Gasteiger partial charge in [-0.15, -0.1) is 0 Å². The third-order valence-electron chi connectivity index (χ3n) is 7.47. The van der Waals surface area contributed by atoms with E-state index >= 15 is 0 Å². The van der Waals surface area contributed by atoms with E-state index in [0.29, 0.717) is 42.1 Å². The molecule has 0 radical (unpaired) electrons. The van der Waals surface area contributed by atoms with Gasteiger partial charge in [-0.05, 0) is 60.9 Å². The van der Waals surface area contributed by atoms with Gasteiger partial charge in [-0.1, -0.05) is 30.3 Å². The average Bonchev–Trinajstić information content (AvgIpc) is 3.01. The van der Waals surface area contributed by atoms with Gasteiger partial charge in [0.2, 0.25) is 5.91 Å². The zero-order valence-electron chi connectivity index (χ0n) is 23.3. The molecule has 3 aromatic carbocycles. The summed E-state index contributed by atoms with van der Waals surface area (Å²) in [6.07, 6.45) is 0.187. The molecule has 0 aliphatic carbocycles. The molecule has 5 rings (SSSR count). The Labute approximate surface area is 243 Å². The molecule has 2 aliphatic heterocycles. The molecule has 0 aromatic heterocycles. The van der Waals surface area contributed by atoms with E-state index in [4.69, 9.17) is 9.47 Å². The third-order valence-corrected chi connectivity index (χ3v) is 7.47. The number of nitrogens with one attached hydrogen (secondary N) is 3. The largest absolute Gasteiger partial charge is 0.497 e. The number of nitrogens with zero attached hydrogens (tertiary/aromatic N) is 1. The van der Waals surface area contributed by atoms with Gasteiger partial charge in [-0.3, -0.25) is 20.2 Å². The van der Waals surface area contributed by atoms with Gasteiger partial charge in [0.1, 0.15) is 11.8 Å². The lowest BCUT2D eigenvalue weighted by Gasteiger charge is -2.45. The van der Waals surface area contributed by atoms with E-state index in [1.54, 1.807) is 48.4 Å². The summed E-state index contributed by atoms with van der Waals surface area (Å²) in [4.78, 5) is 53.1. The number of amides is 4. The fourth-order valence-electron chi connectivity index (χ4n) is 5.40. The number of carbonyl (C=O) groups is 4. The summed E-state index contributed by atoms with van der Waals surface area (Å²) in [6, 6.07) is 20.2. The number of rotatable bonds is 7. The summed E-state index contributed by atoms with van der Waals surface area (Å²) < 4.78 is 15.9. The molecule has 2 aliphatic rings. The Bertz CT molecular complexity index is 1480. The van der Waals surface area contributed by atoms with Crippen molar-refractivity contribution in [3.05, 3.63) is 89.5 Å². The summed E-state index contributed by atoms with van der Waals surface area (Å²) in [7, 11) is 2.82. The van der Waals surface area contributed by atoms with Crippen LogP contribution in [-0.2, 0) is 26.3 Å². The first-order valence-corrected chi connectivity index (χ1v) is 13.6. The molecule has 42 heavy (non-hydrogen) atoms. The number of likely N-dealkylation sites (tertiary alicyclic amines) is 1. The predicted octanol–water partition coefficient (Wildman–Crippen LogP) is 4.29. The predicted molar refractivity (Wildman–Crippen MR) is 154 cm³/mol. The van der Waals surface area contributed by atoms with E-state index in [0.717, 1.165) is 11.1 Å². The molecule has 2 atom stereocenters. The van der Waals surface area contributed by atoms with Gasteiger partial charge >= 0.3 is 12.2 Å². The molecular weight excluding hydrogens is 540 g/mol. The highest BCUT2D eigenvalue weighted by molar-refractivity contribution is 5.98. The first kappa shape index (κ1) is 28.5. The number of anilines is 2. The number of fused-ring (bicyclic) bond motifs is 2. The lowest BCUT2D eigenvalue weighted by atomic mass is 9.83. The van der Waals surface area contributed by atoms with Gasteiger partial charge in [0.05, 0.1) is 26.5 Å². The molecule has 0 bridgehead atoms. The highest BCUT2D eigenvalue weighted by Gasteiger charge is 2.47. The average molecular weight is 573 g/mol. The second-order valence-corrected chi connectivity index (χ2v) is 10.2. The Balaban J connectivity index is 1.39. The van der Waals surface area contributed by atoms with Gasteiger partial charge < -0.3 is 24.4 Å². The Morgan fingerprint density at radius 2 is 1.81 bits per heavy atom. The first-order valence-electron chi connectivity index (χ1n) is 13.6. The Morgan fingerprint density at radius 3 is 2.52 bits per heavy atom. The molecule has 1 saturated heterocycles. The van der Waals surface area contributed by atoms with Gasteiger partial charge in [-0.2, -0.15) is 0 Å². The molecule has 218 valence electrons. The van der Waals surface area contributed by atoms with Crippen LogP contribution in [0, 0.1) is 0 Å². The highest BCUT2D eigenvalue weighted by Crippen LogP contribution is 2.43. The maximum Gasteiger partial charge on any atom is 0.412 e. The molecule has 0 saturated carbocycles. The number of carbonyl (C=O) groups excluding carboxylic acids is 4. The zero-order chi connectivity index (χ0) is 29.7. The maximum absolute atomic E-state index is 14.1. The van der Waals surface area contributed by atoms with Gasteiger partial charge in [0.25, 0.3) is 5.91 Å². The molecule has 11 heteroatoms. The lowest BCUT2D eigenvalue weighted by Crippen LogP contribution is -2.57. The summed E-state index contributed by atoms with van der Waals surface area (Å²) in [5.41, 5.74) is 1.96. The van der Waals surface area contributed by atoms with Crippen LogP contribution in [0.2, 0.25) is 0 Å². The number of hydrogen-bond donors (Lipinski definition) is 3. The van der Waals surface area contributed by atoms with Gasteiger partial charge in [0.15, 0.2) is 5.60 Å². The van der Waals surface area contributed by atoms with Crippen LogP contribution in [0.5, 0.6) is 5.75 Å². The normalized spacial score (nSPS) is 18.1. The number of ether oxygens (including phenoxy) is 3. The maximum atomic E-state index is 14.1. The van der Waals surface area contributed by atoms with E-state index in [9.17, 15) is 19.2 Å². The second kappa shape index (κ2) is 12.2. The smallest absolute Gasteiger partial charge is 0.412 e. The summed E-state index contributed by atoms with van der Waals surface area (Å²) in [5.74, 6) is -0.114. The van der Waals surface area contributed by atoms with Crippen LogP contribution in [0.25, 0.3) is 0 Å². The van der Waals surface area contributed by atoms with E-state index < -0.39 is 29.7 Å². The Hall–Kier alpha value is -5.06. The quantitative estimate of drug-likeness (QED) is 0.384. The molecule has 3 aromatic rings. The molecule has 1 spiro atoms. The fraction of sp³-hybridized carbons (Fsp3) is 0.290. The van der Waals surface area contributed by atoms with E-state index in [1.165, 1.54) is 7.11 Å². The van der Waals surface area contributed by atoms with Crippen molar-refractivity contribution in [3.8, 4) is 5.75 Å². The minimum Gasteiger partial charge on any atom is -0.497 e. The van der Waals surface area contributed by atoms with Crippen LogP contribution in [-0.4, -0.2) is 62.3 Å². The van der Waals surface area contributed by atoms with Crippen molar-refractivity contribution < 1.29 is 33.4 Å². The molecule has 3 N–H and O–H groups in total. The lowest BCUT2D eigenvalue weighted by molar-refractivity contribution is -0.141. The van der Waals surface area contributed by atoms with Crippen molar-refractivity contribution in [1.82, 2.24) is 10.2 Å². The molecule has 1 fully saturated rings. The van der Waals surface area contributed by atoms with Crippen LogP contribution >= 0.6 is 0 Å². The van der Waals surface area contributed by atoms with Crippen LogP contribution < -0.4 is 20.7 Å². The fourth-order valence-corrected chi connectivity index (χ4v) is 5.40. The van der Waals surface area contributed by atoms with Crippen LogP contribution in [0.15, 0.2) is 72.8 Å². The van der Waals surface area contributed by atoms with Crippen molar-refractivity contribution in [1.29, 1.82) is 0 Å². The Kier molecular flexibility index (Phi) is 8.28. The van der Waals surface area contributed by atoms with E-state index in [2.05, 4.69) is 20.7 Å². The molecule has 4 amide bonds. The minimum atomic E-state index is -1.05. The third kappa shape index (κ3) is 6.14. The SMILES string of the molecule is COC(=O)Nc1ccc(C(=O)NC(Cc2ccccc2)C(=O)N2CCC[C@@]3(C2)OC(=O)Nc2ccc(OC)cc23)cc1. The van der Waals surface area contributed by atoms with Gasteiger partial charge in [0, 0.05) is 29.8 Å². The van der Waals surface area contributed by atoms with Crippen molar-refractivity contribution in [2.45, 2.75) is 30.9 Å². The van der Waals surface area contributed by atoms with E-state index in [1.807, 2.05) is 36.4 Å². The van der Waals surface area contributed by atoms with Crippen molar-refractivity contribution in [2.75, 3.05) is 37.9 Å². The van der Waals surface area contributed by atoms with Crippen LogP contribution in [0.1, 0.15) is 34.3 Å². The zero-order valence-corrected chi connectivity index (χ0v) is 23.3. The monoisotopic (exact) mass is 572 g/mol. The Morgan fingerprint density at radius 1 is 1.05 bits per heavy atom. The molecular formula is C31H32N4O7. The van der Waals surface area contributed by atoms with Crippen LogP contribution in [0.4, 0.5) is 21.0 Å².